The normalized spacial score (nSPS) is 11.0. The summed E-state index contributed by atoms with van der Waals surface area (Å²) in [4.78, 5) is 12.4. The molecule has 4 aromatic rings. The van der Waals surface area contributed by atoms with Crippen LogP contribution in [-0.2, 0) is 5.75 Å². The number of hydrogen-bond acceptors (Lipinski definition) is 6. The van der Waals surface area contributed by atoms with Gasteiger partial charge in [0.05, 0.1) is 4.47 Å². The number of hydrogen-bond donors (Lipinski definition) is 1. The Bertz CT molecular complexity index is 1110. The monoisotopic (exact) mass is 463 g/mol. The van der Waals surface area contributed by atoms with E-state index in [4.69, 9.17) is 4.42 Å². The highest BCUT2D eigenvalue weighted by atomic mass is 79.9. The van der Waals surface area contributed by atoms with E-state index in [0.717, 1.165) is 15.4 Å². The molecule has 5 nitrogen and oxygen atoms in total. The first-order valence-electron chi connectivity index (χ1n) is 7.78. The number of aromatic nitrogens is 2. The van der Waals surface area contributed by atoms with Gasteiger partial charge in [-0.2, -0.15) is 0 Å². The Morgan fingerprint density at radius 2 is 2.04 bits per heavy atom. The molecule has 0 aliphatic heterocycles. The van der Waals surface area contributed by atoms with Crippen molar-refractivity contribution in [2.24, 2.45) is 0 Å². The Balaban J connectivity index is 1.41. The number of benzene rings is 2. The van der Waals surface area contributed by atoms with E-state index in [0.29, 0.717) is 20.8 Å². The first-order chi connectivity index (χ1) is 13.1. The van der Waals surface area contributed by atoms with E-state index in [9.17, 15) is 9.18 Å². The second-order valence-electron chi connectivity index (χ2n) is 5.51. The number of nitrogens with one attached hydrogen (secondary N) is 1. The van der Waals surface area contributed by atoms with Crippen LogP contribution in [0.25, 0.3) is 11.0 Å². The predicted molar refractivity (Wildman–Crippen MR) is 108 cm³/mol. The number of nitrogens with zero attached hydrogens (tertiary/aromatic N) is 2. The van der Waals surface area contributed by atoms with Gasteiger partial charge in [-0.25, -0.2) is 4.39 Å². The van der Waals surface area contributed by atoms with Crippen molar-refractivity contribution in [1.29, 1.82) is 0 Å². The number of para-hydroxylation sites is 1. The topological polar surface area (TPSA) is 68.0 Å². The molecule has 0 aliphatic rings. The maximum atomic E-state index is 12.9. The minimum absolute atomic E-state index is 0.201. The summed E-state index contributed by atoms with van der Waals surface area (Å²) in [5.41, 5.74) is 1.60. The molecule has 0 unspecified atom stereocenters. The van der Waals surface area contributed by atoms with E-state index in [1.54, 1.807) is 18.2 Å². The Morgan fingerprint density at radius 3 is 2.81 bits per heavy atom. The second-order valence-corrected chi connectivity index (χ2v) is 8.57. The summed E-state index contributed by atoms with van der Waals surface area (Å²) in [5, 5.41) is 12.0. The van der Waals surface area contributed by atoms with Crippen LogP contribution < -0.4 is 5.32 Å². The highest BCUT2D eigenvalue weighted by Crippen LogP contribution is 2.30. The third kappa shape index (κ3) is 4.20. The lowest BCUT2D eigenvalue weighted by atomic mass is 10.2. The summed E-state index contributed by atoms with van der Waals surface area (Å²) in [6.07, 6.45) is 0. The van der Waals surface area contributed by atoms with E-state index in [-0.39, 0.29) is 17.5 Å². The van der Waals surface area contributed by atoms with Gasteiger partial charge >= 0.3 is 0 Å². The van der Waals surface area contributed by atoms with E-state index >= 15 is 0 Å². The van der Waals surface area contributed by atoms with E-state index in [2.05, 4.69) is 31.4 Å². The zero-order chi connectivity index (χ0) is 18.8. The summed E-state index contributed by atoms with van der Waals surface area (Å²) in [6, 6.07) is 13.6. The molecule has 0 atom stereocenters. The molecule has 2 aromatic heterocycles. The lowest BCUT2D eigenvalue weighted by Crippen LogP contribution is -2.10. The number of fused-ring (bicyclic) bond motifs is 1. The van der Waals surface area contributed by atoms with Crippen LogP contribution in [0, 0.1) is 5.82 Å². The highest BCUT2D eigenvalue weighted by molar-refractivity contribution is 9.10. The molecule has 2 aromatic carbocycles. The predicted octanol–water partition coefficient (Wildman–Crippen LogP) is 5.73. The fourth-order valence-corrected chi connectivity index (χ4v) is 4.51. The Kier molecular flexibility index (Phi) is 5.24. The van der Waals surface area contributed by atoms with Gasteiger partial charge in [0.25, 0.3) is 5.91 Å². The molecular formula is C18H11BrFN3O2S2. The van der Waals surface area contributed by atoms with Crippen molar-refractivity contribution in [3.8, 4) is 0 Å². The maximum absolute atomic E-state index is 12.9. The van der Waals surface area contributed by atoms with Crippen molar-refractivity contribution in [1.82, 2.24) is 10.2 Å². The van der Waals surface area contributed by atoms with Crippen molar-refractivity contribution < 1.29 is 13.6 Å². The number of rotatable bonds is 5. The standard InChI is InChI=1S/C18H11BrFN3O2S2/c19-13-3-1-2-11-8-14(25-15(11)13)16(24)21-17-22-23-18(27-17)26-9-10-4-6-12(20)7-5-10/h1-8H,9H2,(H,21,22,24). The first-order valence-corrected chi connectivity index (χ1v) is 10.4. The van der Waals surface area contributed by atoms with Gasteiger partial charge in [-0.05, 0) is 45.8 Å². The van der Waals surface area contributed by atoms with Crippen LogP contribution in [0.4, 0.5) is 9.52 Å². The van der Waals surface area contributed by atoms with Gasteiger partial charge < -0.3 is 4.42 Å². The number of carbonyl (C=O) groups is 1. The Morgan fingerprint density at radius 1 is 1.22 bits per heavy atom. The molecule has 0 saturated carbocycles. The van der Waals surface area contributed by atoms with Crippen LogP contribution >= 0.6 is 39.0 Å². The molecule has 136 valence electrons. The molecule has 0 radical (unpaired) electrons. The largest absolute Gasteiger partial charge is 0.450 e. The molecule has 1 amide bonds. The van der Waals surface area contributed by atoms with Gasteiger partial charge in [0.2, 0.25) is 5.13 Å². The van der Waals surface area contributed by atoms with E-state index in [1.807, 2.05) is 18.2 Å². The molecular weight excluding hydrogens is 453 g/mol. The number of carbonyl (C=O) groups excluding carboxylic acids is 1. The van der Waals surface area contributed by atoms with Crippen LogP contribution in [0.3, 0.4) is 0 Å². The van der Waals surface area contributed by atoms with Crippen molar-refractivity contribution in [3.05, 3.63) is 70.1 Å². The average Bonchev–Trinajstić information content (AvgIpc) is 3.29. The third-order valence-corrected chi connectivity index (χ3v) is 6.29. The van der Waals surface area contributed by atoms with Crippen LogP contribution in [0.5, 0.6) is 0 Å². The maximum Gasteiger partial charge on any atom is 0.293 e. The fourth-order valence-electron chi connectivity index (χ4n) is 2.34. The van der Waals surface area contributed by atoms with Crippen molar-refractivity contribution >= 4 is 61.0 Å². The quantitative estimate of drug-likeness (QED) is 0.302. The molecule has 0 aliphatic carbocycles. The third-order valence-electron chi connectivity index (χ3n) is 3.62. The fraction of sp³-hybridized carbons (Fsp3) is 0.0556. The molecule has 0 saturated heterocycles. The van der Waals surface area contributed by atoms with Crippen molar-refractivity contribution in [2.75, 3.05) is 5.32 Å². The molecule has 1 N–H and O–H groups in total. The number of anilines is 1. The number of furan rings is 1. The summed E-state index contributed by atoms with van der Waals surface area (Å²) in [5.74, 6) is 0.194. The summed E-state index contributed by atoms with van der Waals surface area (Å²) in [7, 11) is 0. The zero-order valence-electron chi connectivity index (χ0n) is 13.6. The summed E-state index contributed by atoms with van der Waals surface area (Å²) in [6.45, 7) is 0. The SMILES string of the molecule is O=C(Nc1nnc(SCc2ccc(F)cc2)s1)c1cc2cccc(Br)c2o1. The van der Waals surface area contributed by atoms with Crippen LogP contribution in [-0.4, -0.2) is 16.1 Å². The lowest BCUT2D eigenvalue weighted by Gasteiger charge is -1.98. The van der Waals surface area contributed by atoms with Gasteiger partial charge in [-0.15, -0.1) is 10.2 Å². The molecule has 0 fully saturated rings. The smallest absolute Gasteiger partial charge is 0.293 e. The molecule has 0 spiro atoms. The number of amides is 1. The zero-order valence-corrected chi connectivity index (χ0v) is 16.8. The van der Waals surface area contributed by atoms with Crippen LogP contribution in [0.2, 0.25) is 0 Å². The molecule has 0 bridgehead atoms. The van der Waals surface area contributed by atoms with Gasteiger partial charge in [0.1, 0.15) is 11.4 Å². The number of thioether (sulfide) groups is 1. The van der Waals surface area contributed by atoms with E-state index < -0.39 is 0 Å². The minimum Gasteiger partial charge on any atom is -0.450 e. The van der Waals surface area contributed by atoms with E-state index in [1.165, 1.54) is 35.2 Å². The summed E-state index contributed by atoms with van der Waals surface area (Å²) >= 11 is 6.14. The number of halogens is 2. The average molecular weight is 464 g/mol. The Hall–Kier alpha value is -2.23. The van der Waals surface area contributed by atoms with Gasteiger partial charge in [0, 0.05) is 11.1 Å². The van der Waals surface area contributed by atoms with Gasteiger partial charge in [-0.1, -0.05) is 47.4 Å². The van der Waals surface area contributed by atoms with Crippen molar-refractivity contribution in [2.45, 2.75) is 10.1 Å². The molecule has 4 rings (SSSR count). The van der Waals surface area contributed by atoms with Gasteiger partial charge in [0.15, 0.2) is 10.1 Å². The van der Waals surface area contributed by atoms with Gasteiger partial charge in [-0.3, -0.25) is 10.1 Å². The second kappa shape index (κ2) is 7.79. The first kappa shape index (κ1) is 18.1. The molecule has 27 heavy (non-hydrogen) atoms. The molecule has 9 heteroatoms. The summed E-state index contributed by atoms with van der Waals surface area (Å²) < 4.78 is 20.0. The Labute approximate surface area is 170 Å². The van der Waals surface area contributed by atoms with Crippen LogP contribution in [0.1, 0.15) is 16.1 Å². The minimum atomic E-state index is -0.385. The lowest BCUT2D eigenvalue weighted by molar-refractivity contribution is 0.0998. The molecule has 2 heterocycles. The van der Waals surface area contributed by atoms with Crippen molar-refractivity contribution in [3.63, 3.8) is 0 Å². The highest BCUT2D eigenvalue weighted by Gasteiger charge is 2.16. The van der Waals surface area contributed by atoms with Crippen LogP contribution in [0.15, 0.2) is 61.8 Å².